The number of benzene rings is 1. The van der Waals surface area contributed by atoms with Gasteiger partial charge in [0.15, 0.2) is 0 Å². The minimum absolute atomic E-state index is 0.121. The lowest BCUT2D eigenvalue weighted by Crippen LogP contribution is -2.22. The van der Waals surface area contributed by atoms with Crippen LogP contribution in [0.3, 0.4) is 0 Å². The number of amides is 1. The van der Waals surface area contributed by atoms with Crippen molar-refractivity contribution in [1.82, 2.24) is 9.97 Å². The summed E-state index contributed by atoms with van der Waals surface area (Å²) in [6.45, 7) is 1.99. The minimum Gasteiger partial charge on any atom is -0.360 e. The Balaban J connectivity index is 1.68. The number of hydrogen-bond donors (Lipinski definition) is 2. The van der Waals surface area contributed by atoms with Crippen molar-refractivity contribution in [2.24, 2.45) is 0 Å². The zero-order valence-corrected chi connectivity index (χ0v) is 13.3. The third kappa shape index (κ3) is 3.03. The molecule has 2 N–H and O–H groups in total. The number of aromatic nitrogens is 2. The van der Waals surface area contributed by atoms with Crippen LogP contribution in [0.5, 0.6) is 0 Å². The predicted molar refractivity (Wildman–Crippen MR) is 90.7 cm³/mol. The van der Waals surface area contributed by atoms with E-state index < -0.39 is 0 Å². The molecule has 22 heavy (non-hydrogen) atoms. The number of carbonyl (C=O) groups excluding carboxylic acids is 1. The highest BCUT2D eigenvalue weighted by molar-refractivity contribution is 7.17. The number of hydrogen-bond acceptors (Lipinski definition) is 5. The smallest absolute Gasteiger partial charge is 0.243 e. The van der Waals surface area contributed by atoms with E-state index in [0.717, 1.165) is 15.8 Å². The van der Waals surface area contributed by atoms with Gasteiger partial charge in [0.25, 0.3) is 0 Å². The molecule has 0 bridgehead atoms. The van der Waals surface area contributed by atoms with E-state index in [4.69, 9.17) is 11.6 Å². The Morgan fingerprint density at radius 2 is 2.18 bits per heavy atom. The average molecular weight is 333 g/mol. The fourth-order valence-corrected chi connectivity index (χ4v) is 3.00. The Hall–Kier alpha value is -2.18. The molecule has 0 unspecified atom stereocenters. The van der Waals surface area contributed by atoms with E-state index in [1.165, 1.54) is 17.7 Å². The second kappa shape index (κ2) is 6.29. The molecule has 3 rings (SSSR count). The van der Waals surface area contributed by atoms with Gasteiger partial charge in [-0.05, 0) is 36.1 Å². The Kier molecular flexibility index (Phi) is 4.22. The van der Waals surface area contributed by atoms with Gasteiger partial charge in [0.05, 0.1) is 16.8 Å². The molecule has 0 saturated carbocycles. The maximum atomic E-state index is 12.1. The molecule has 0 aliphatic rings. The second-order valence-electron chi connectivity index (χ2n) is 4.67. The lowest BCUT2D eigenvalue weighted by molar-refractivity contribution is -0.114. The zero-order chi connectivity index (χ0) is 15.5. The van der Waals surface area contributed by atoms with Crippen LogP contribution in [0, 0.1) is 6.92 Å². The molecule has 0 radical (unpaired) electrons. The summed E-state index contributed by atoms with van der Waals surface area (Å²) >= 11 is 7.58. The molecule has 2 aromatic heterocycles. The molecule has 7 heteroatoms. The van der Waals surface area contributed by atoms with Gasteiger partial charge in [-0.15, -0.1) is 11.3 Å². The maximum Gasteiger partial charge on any atom is 0.243 e. The number of nitrogens with zero attached hydrogens (tertiary/aromatic N) is 2. The zero-order valence-electron chi connectivity index (χ0n) is 11.8. The number of fused-ring (bicyclic) bond motifs is 1. The molecule has 112 valence electrons. The van der Waals surface area contributed by atoms with Crippen LogP contribution in [0.4, 0.5) is 11.5 Å². The number of rotatable bonds is 4. The largest absolute Gasteiger partial charge is 0.360 e. The van der Waals surface area contributed by atoms with Gasteiger partial charge >= 0.3 is 0 Å². The van der Waals surface area contributed by atoms with Crippen molar-refractivity contribution in [3.8, 4) is 0 Å². The summed E-state index contributed by atoms with van der Waals surface area (Å²) in [5.74, 6) is 0.506. The Bertz CT molecular complexity index is 833. The molecule has 0 aliphatic carbocycles. The number of carbonyl (C=O) groups is 1. The van der Waals surface area contributed by atoms with Crippen LogP contribution in [-0.2, 0) is 4.79 Å². The summed E-state index contributed by atoms with van der Waals surface area (Å²) in [4.78, 5) is 20.4. The Labute approximate surface area is 136 Å². The molecule has 0 aliphatic heterocycles. The van der Waals surface area contributed by atoms with Gasteiger partial charge in [-0.3, -0.25) is 4.79 Å². The highest BCUT2D eigenvalue weighted by atomic mass is 35.5. The summed E-state index contributed by atoms with van der Waals surface area (Å²) in [6.07, 6.45) is 1.48. The Morgan fingerprint density at radius 3 is 3.05 bits per heavy atom. The fourth-order valence-electron chi connectivity index (χ4n) is 2.02. The fraction of sp³-hybridized carbons (Fsp3) is 0.133. The highest BCUT2D eigenvalue weighted by Gasteiger charge is 2.09. The van der Waals surface area contributed by atoms with Gasteiger partial charge in [0, 0.05) is 10.7 Å². The number of anilines is 2. The van der Waals surface area contributed by atoms with Gasteiger partial charge in [-0.25, -0.2) is 9.97 Å². The first kappa shape index (κ1) is 14.7. The molecule has 3 aromatic rings. The van der Waals surface area contributed by atoms with Crippen molar-refractivity contribution in [2.75, 3.05) is 17.2 Å². The van der Waals surface area contributed by atoms with Crippen molar-refractivity contribution in [1.29, 1.82) is 0 Å². The van der Waals surface area contributed by atoms with Crippen molar-refractivity contribution >= 4 is 50.6 Å². The summed E-state index contributed by atoms with van der Waals surface area (Å²) in [5, 5.41) is 8.45. The first-order valence-electron chi connectivity index (χ1n) is 6.62. The standard InChI is InChI=1S/C15H13ClN4OS/c1-9-10(16)3-2-4-11(9)20-13(21)7-17-15-14-12(5-6-22-14)18-8-19-15/h2-6,8H,7H2,1H3,(H,20,21)(H,17,18,19). The van der Waals surface area contributed by atoms with E-state index in [9.17, 15) is 4.79 Å². The molecule has 0 fully saturated rings. The number of halogens is 1. The normalized spacial score (nSPS) is 10.6. The monoisotopic (exact) mass is 332 g/mol. The second-order valence-corrected chi connectivity index (χ2v) is 5.99. The van der Waals surface area contributed by atoms with Crippen LogP contribution >= 0.6 is 22.9 Å². The van der Waals surface area contributed by atoms with Crippen LogP contribution in [-0.4, -0.2) is 22.4 Å². The molecule has 0 saturated heterocycles. The summed E-state index contributed by atoms with van der Waals surface area (Å²) < 4.78 is 0.939. The molecule has 5 nitrogen and oxygen atoms in total. The molecule has 1 aromatic carbocycles. The van der Waals surface area contributed by atoms with Gasteiger partial charge in [0.1, 0.15) is 12.1 Å². The van der Waals surface area contributed by atoms with E-state index >= 15 is 0 Å². The molecular formula is C15H13ClN4OS. The molecular weight excluding hydrogens is 320 g/mol. The first-order chi connectivity index (χ1) is 10.6. The van der Waals surface area contributed by atoms with Crippen molar-refractivity contribution in [2.45, 2.75) is 6.92 Å². The summed E-state index contributed by atoms with van der Waals surface area (Å²) in [7, 11) is 0. The van der Waals surface area contributed by atoms with Crippen molar-refractivity contribution < 1.29 is 4.79 Å². The molecule has 0 atom stereocenters. The van der Waals surface area contributed by atoms with Crippen molar-refractivity contribution in [3.63, 3.8) is 0 Å². The summed E-state index contributed by atoms with van der Waals surface area (Å²) in [5.41, 5.74) is 2.43. The number of thiophene rings is 1. The molecule has 2 heterocycles. The quantitative estimate of drug-likeness (QED) is 0.764. The van der Waals surface area contributed by atoms with E-state index in [2.05, 4.69) is 20.6 Å². The average Bonchev–Trinajstić information content (AvgIpc) is 2.99. The Morgan fingerprint density at radius 1 is 1.32 bits per heavy atom. The topological polar surface area (TPSA) is 66.9 Å². The van der Waals surface area contributed by atoms with Crippen LogP contribution < -0.4 is 10.6 Å². The van der Waals surface area contributed by atoms with E-state index in [1.807, 2.05) is 24.4 Å². The maximum absolute atomic E-state index is 12.1. The van der Waals surface area contributed by atoms with Crippen LogP contribution in [0.1, 0.15) is 5.56 Å². The van der Waals surface area contributed by atoms with Crippen LogP contribution in [0.25, 0.3) is 10.2 Å². The lowest BCUT2D eigenvalue weighted by atomic mass is 10.2. The third-order valence-electron chi connectivity index (χ3n) is 3.20. The van der Waals surface area contributed by atoms with E-state index in [1.54, 1.807) is 12.1 Å². The van der Waals surface area contributed by atoms with E-state index in [-0.39, 0.29) is 12.5 Å². The van der Waals surface area contributed by atoms with Gasteiger partial charge in [0.2, 0.25) is 5.91 Å². The van der Waals surface area contributed by atoms with E-state index in [0.29, 0.717) is 16.5 Å². The van der Waals surface area contributed by atoms with Crippen molar-refractivity contribution in [3.05, 3.63) is 46.6 Å². The highest BCUT2D eigenvalue weighted by Crippen LogP contribution is 2.25. The summed E-state index contributed by atoms with van der Waals surface area (Å²) in [6, 6.07) is 7.33. The SMILES string of the molecule is Cc1c(Cl)cccc1NC(=O)CNc1ncnc2ccsc12. The number of nitrogens with one attached hydrogen (secondary N) is 2. The van der Waals surface area contributed by atoms with Crippen LogP contribution in [0.2, 0.25) is 5.02 Å². The molecule has 0 spiro atoms. The van der Waals surface area contributed by atoms with Gasteiger partial charge in [-0.2, -0.15) is 0 Å². The van der Waals surface area contributed by atoms with Gasteiger partial charge < -0.3 is 10.6 Å². The minimum atomic E-state index is -0.159. The van der Waals surface area contributed by atoms with Gasteiger partial charge in [-0.1, -0.05) is 17.7 Å². The van der Waals surface area contributed by atoms with Crippen LogP contribution in [0.15, 0.2) is 36.0 Å². The lowest BCUT2D eigenvalue weighted by Gasteiger charge is -2.10. The third-order valence-corrected chi connectivity index (χ3v) is 4.52. The predicted octanol–water partition coefficient (Wildman–Crippen LogP) is 3.70. The molecule has 1 amide bonds. The first-order valence-corrected chi connectivity index (χ1v) is 7.88.